The predicted octanol–water partition coefficient (Wildman–Crippen LogP) is 7.20. The molecule has 32 heavy (non-hydrogen) atoms. The van der Waals surface area contributed by atoms with Crippen molar-refractivity contribution in [3.8, 4) is 0 Å². The predicted molar refractivity (Wildman–Crippen MR) is 136 cm³/mol. The molecule has 0 heterocycles. The van der Waals surface area contributed by atoms with E-state index in [0.717, 1.165) is 41.7 Å². The van der Waals surface area contributed by atoms with Gasteiger partial charge in [-0.05, 0) is 55.5 Å². The van der Waals surface area contributed by atoms with Crippen molar-refractivity contribution in [2.45, 2.75) is 59.4 Å². The molecule has 0 N–H and O–H groups in total. The summed E-state index contributed by atoms with van der Waals surface area (Å²) < 4.78 is 0. The lowest BCUT2D eigenvalue weighted by atomic mass is 9.93. The van der Waals surface area contributed by atoms with Crippen LogP contribution >= 0.6 is 11.6 Å². The second-order valence-corrected chi connectivity index (χ2v) is 8.84. The molecule has 166 valence electrons. The lowest BCUT2D eigenvalue weighted by Crippen LogP contribution is -2.22. The second-order valence-electron chi connectivity index (χ2n) is 8.40. The van der Waals surface area contributed by atoms with Gasteiger partial charge in [0.2, 0.25) is 0 Å². The number of carbonyl (C=O) groups is 1. The molecular weight excluding hydrogens is 414 g/mol. The third-order valence-corrected chi connectivity index (χ3v) is 5.98. The number of Topliss-reactive ketones (excluding diaryl/α,β-unsaturated/α-hetero) is 1. The Morgan fingerprint density at radius 2 is 1.72 bits per heavy atom. The van der Waals surface area contributed by atoms with Crippen LogP contribution in [0.5, 0.6) is 0 Å². The van der Waals surface area contributed by atoms with Gasteiger partial charge in [0.25, 0.3) is 0 Å². The van der Waals surface area contributed by atoms with E-state index in [4.69, 9.17) is 16.6 Å². The largest absolute Gasteiger partial charge is 0.298 e. The highest BCUT2D eigenvalue weighted by Gasteiger charge is 2.19. The monoisotopic (exact) mass is 445 g/mol. The Bertz CT molecular complexity index is 1100. The number of nitrogens with zero attached hydrogens (tertiary/aromatic N) is 1. The quantitative estimate of drug-likeness (QED) is 0.320. The van der Waals surface area contributed by atoms with E-state index in [1.54, 1.807) is 6.92 Å². The number of ketones is 1. The zero-order valence-corrected chi connectivity index (χ0v) is 20.2. The standard InChI is InChI=1S/C29H32ClNO/c1-5-8-24-15-16-26(30)19-27(24)29(25-13-11-22(6-2)12-14-25)31-28(21(4)32)18-23-10-7-9-20(3)17-23/h7,9-17,19,28H,5-6,8,18H2,1-4H3/b31-29-. The van der Waals surface area contributed by atoms with Gasteiger partial charge in [0.05, 0.1) is 5.71 Å². The molecule has 0 bridgehead atoms. The smallest absolute Gasteiger partial charge is 0.154 e. The summed E-state index contributed by atoms with van der Waals surface area (Å²) in [4.78, 5) is 17.8. The molecule has 2 nitrogen and oxygen atoms in total. The van der Waals surface area contributed by atoms with Crippen LogP contribution in [-0.2, 0) is 24.1 Å². The molecule has 0 aliphatic rings. The van der Waals surface area contributed by atoms with Crippen molar-refractivity contribution in [1.82, 2.24) is 0 Å². The highest BCUT2D eigenvalue weighted by Crippen LogP contribution is 2.24. The van der Waals surface area contributed by atoms with E-state index < -0.39 is 6.04 Å². The SMILES string of the molecule is CCCc1ccc(Cl)cc1/C(=N\C(Cc1cccc(C)c1)C(C)=O)c1ccc(CC)cc1. The molecule has 3 heteroatoms. The Labute approximate surface area is 197 Å². The molecular formula is C29H32ClNO. The Kier molecular flexibility index (Phi) is 8.41. The number of aryl methyl sites for hydroxylation is 3. The maximum absolute atomic E-state index is 12.7. The summed E-state index contributed by atoms with van der Waals surface area (Å²) >= 11 is 6.42. The molecule has 0 saturated carbocycles. The maximum atomic E-state index is 12.7. The molecule has 0 saturated heterocycles. The summed E-state index contributed by atoms with van der Waals surface area (Å²) in [5.74, 6) is 0.0632. The van der Waals surface area contributed by atoms with Crippen LogP contribution in [0, 0.1) is 6.92 Å². The van der Waals surface area contributed by atoms with E-state index in [0.29, 0.717) is 11.4 Å². The van der Waals surface area contributed by atoms with E-state index in [9.17, 15) is 4.79 Å². The van der Waals surface area contributed by atoms with Crippen LogP contribution in [0.1, 0.15) is 60.6 Å². The molecule has 0 aliphatic carbocycles. The minimum atomic E-state index is -0.453. The summed E-state index contributed by atoms with van der Waals surface area (Å²) in [7, 11) is 0. The van der Waals surface area contributed by atoms with Crippen molar-refractivity contribution in [1.29, 1.82) is 0 Å². The Morgan fingerprint density at radius 3 is 2.34 bits per heavy atom. The van der Waals surface area contributed by atoms with E-state index in [1.165, 1.54) is 16.7 Å². The molecule has 0 aliphatic heterocycles. The van der Waals surface area contributed by atoms with Gasteiger partial charge in [0, 0.05) is 22.6 Å². The average molecular weight is 446 g/mol. The molecule has 3 rings (SSSR count). The van der Waals surface area contributed by atoms with Crippen molar-refractivity contribution < 1.29 is 4.79 Å². The maximum Gasteiger partial charge on any atom is 0.154 e. The van der Waals surface area contributed by atoms with E-state index >= 15 is 0 Å². The third-order valence-electron chi connectivity index (χ3n) is 5.75. The number of hydrogen-bond donors (Lipinski definition) is 0. The van der Waals surface area contributed by atoms with Crippen LogP contribution in [0.25, 0.3) is 0 Å². The second kappa shape index (κ2) is 11.2. The number of halogens is 1. The Balaban J connectivity index is 2.15. The van der Waals surface area contributed by atoms with Crippen molar-refractivity contribution in [3.63, 3.8) is 0 Å². The number of carbonyl (C=O) groups excluding carboxylic acids is 1. The highest BCUT2D eigenvalue weighted by molar-refractivity contribution is 6.31. The Morgan fingerprint density at radius 1 is 0.969 bits per heavy atom. The van der Waals surface area contributed by atoms with E-state index in [1.807, 2.05) is 18.2 Å². The van der Waals surface area contributed by atoms with E-state index in [-0.39, 0.29) is 5.78 Å². The van der Waals surface area contributed by atoms with Gasteiger partial charge in [-0.1, -0.05) is 92.0 Å². The summed E-state index contributed by atoms with van der Waals surface area (Å²) in [6, 6.07) is 22.3. The van der Waals surface area contributed by atoms with E-state index in [2.05, 4.69) is 69.3 Å². The van der Waals surface area contributed by atoms with Crippen molar-refractivity contribution >= 4 is 23.1 Å². The van der Waals surface area contributed by atoms with Gasteiger partial charge in [-0.25, -0.2) is 0 Å². The molecule has 1 unspecified atom stereocenters. The summed E-state index contributed by atoms with van der Waals surface area (Å²) in [5.41, 5.74) is 7.64. The highest BCUT2D eigenvalue weighted by atomic mass is 35.5. The topological polar surface area (TPSA) is 29.4 Å². The normalized spacial score (nSPS) is 12.6. The van der Waals surface area contributed by atoms with Gasteiger partial charge in [-0.2, -0.15) is 0 Å². The zero-order chi connectivity index (χ0) is 23.1. The summed E-state index contributed by atoms with van der Waals surface area (Å²) in [6.45, 7) is 8.02. The van der Waals surface area contributed by atoms with Gasteiger partial charge >= 0.3 is 0 Å². The van der Waals surface area contributed by atoms with Gasteiger partial charge in [0.1, 0.15) is 6.04 Å². The molecule has 3 aromatic carbocycles. The fraction of sp³-hybridized carbons (Fsp3) is 0.310. The lowest BCUT2D eigenvalue weighted by molar-refractivity contribution is -0.118. The van der Waals surface area contributed by atoms with Crippen LogP contribution < -0.4 is 0 Å². The molecule has 0 aromatic heterocycles. The Hall–Kier alpha value is -2.71. The fourth-order valence-corrected chi connectivity index (χ4v) is 4.12. The molecule has 3 aromatic rings. The van der Waals surface area contributed by atoms with Gasteiger partial charge in [-0.15, -0.1) is 0 Å². The van der Waals surface area contributed by atoms with Gasteiger partial charge in [0.15, 0.2) is 5.78 Å². The minimum Gasteiger partial charge on any atom is -0.298 e. The van der Waals surface area contributed by atoms with Gasteiger partial charge < -0.3 is 0 Å². The average Bonchev–Trinajstić information content (AvgIpc) is 2.78. The number of rotatable bonds is 9. The zero-order valence-electron chi connectivity index (χ0n) is 19.5. The van der Waals surface area contributed by atoms with Crippen LogP contribution in [0.4, 0.5) is 0 Å². The molecule has 0 radical (unpaired) electrons. The fourth-order valence-electron chi connectivity index (χ4n) is 3.95. The number of benzene rings is 3. The first-order valence-electron chi connectivity index (χ1n) is 11.4. The first-order valence-corrected chi connectivity index (χ1v) is 11.8. The summed E-state index contributed by atoms with van der Waals surface area (Å²) in [6.07, 6.45) is 3.52. The first-order chi connectivity index (χ1) is 15.4. The number of aliphatic imine (C=N–C) groups is 1. The van der Waals surface area contributed by atoms with Crippen LogP contribution in [0.15, 0.2) is 71.7 Å². The summed E-state index contributed by atoms with van der Waals surface area (Å²) in [5, 5.41) is 0.677. The van der Waals surface area contributed by atoms with Crippen LogP contribution in [-0.4, -0.2) is 17.5 Å². The van der Waals surface area contributed by atoms with Gasteiger partial charge in [-0.3, -0.25) is 9.79 Å². The van der Waals surface area contributed by atoms with Crippen molar-refractivity contribution in [2.75, 3.05) is 0 Å². The minimum absolute atomic E-state index is 0.0632. The molecule has 0 amide bonds. The van der Waals surface area contributed by atoms with Crippen LogP contribution in [0.2, 0.25) is 5.02 Å². The van der Waals surface area contributed by atoms with Crippen LogP contribution in [0.3, 0.4) is 0 Å². The molecule has 1 atom stereocenters. The third kappa shape index (κ3) is 6.17. The molecule has 0 spiro atoms. The number of hydrogen-bond acceptors (Lipinski definition) is 2. The van der Waals surface area contributed by atoms with Crippen molar-refractivity contribution in [3.05, 3.63) is 105 Å². The molecule has 0 fully saturated rings. The van der Waals surface area contributed by atoms with Crippen molar-refractivity contribution in [2.24, 2.45) is 4.99 Å². The lowest BCUT2D eigenvalue weighted by Gasteiger charge is -2.17. The first kappa shape index (κ1) is 23.9.